The molecule has 4 bridgehead atoms. The van der Waals surface area contributed by atoms with Crippen molar-refractivity contribution in [3.05, 3.63) is 198 Å². The van der Waals surface area contributed by atoms with E-state index in [0.717, 1.165) is 115 Å². The molecule has 9 aromatic rings. The molecule has 2 atom stereocenters. The maximum atomic E-state index is 14.0. The van der Waals surface area contributed by atoms with Crippen molar-refractivity contribution in [2.24, 2.45) is 23.2 Å². The summed E-state index contributed by atoms with van der Waals surface area (Å²) in [4.78, 5) is 39.3. The Kier molecular flexibility index (Phi) is 22.9. The minimum absolute atomic E-state index is 0.0347. The van der Waals surface area contributed by atoms with Crippen molar-refractivity contribution in [3.8, 4) is 22.8 Å². The van der Waals surface area contributed by atoms with Crippen LogP contribution in [0.1, 0.15) is 118 Å². The molecule has 13 rings (SSSR count). The maximum Gasteiger partial charge on any atom is 0.141 e. The van der Waals surface area contributed by atoms with E-state index in [2.05, 4.69) is 74.1 Å². The van der Waals surface area contributed by atoms with Gasteiger partial charge in [0.15, 0.2) is 0 Å². The van der Waals surface area contributed by atoms with Gasteiger partial charge >= 0.3 is 0 Å². The number of imidazole rings is 2. The van der Waals surface area contributed by atoms with Gasteiger partial charge in [0.05, 0.1) is 67.0 Å². The number of carbonyl (C=O) groups is 2. The fourth-order valence-electron chi connectivity index (χ4n) is 15.1. The fraction of sp³-hybridized carbons (Fsp3) is 0.387. The third-order valence-electron chi connectivity index (χ3n) is 19.0. The minimum atomic E-state index is -0.485. The summed E-state index contributed by atoms with van der Waals surface area (Å²) in [6.45, 7) is 10.2. The van der Waals surface area contributed by atoms with Crippen LogP contribution in [0.4, 0.5) is 15.8 Å². The number of nitrogens with one attached hydrogen (secondary N) is 2. The fourth-order valence-corrected chi connectivity index (χ4v) is 16.0. The minimum Gasteiger partial charge on any atom is -0.395 e. The largest absolute Gasteiger partial charge is 0.395 e. The van der Waals surface area contributed by atoms with Gasteiger partial charge in [-0.3, -0.25) is 9.59 Å². The number of ketones is 2. The van der Waals surface area contributed by atoms with Gasteiger partial charge < -0.3 is 44.9 Å². The molecule has 0 aliphatic heterocycles. The third-order valence-corrected chi connectivity index (χ3v) is 20.7. The second-order valence-corrected chi connectivity index (χ2v) is 28.2. The highest BCUT2D eigenvalue weighted by Gasteiger charge is 2.51. The van der Waals surface area contributed by atoms with Crippen molar-refractivity contribution in [1.82, 2.24) is 29.7 Å². The molecule has 5 N–H and O–H groups in total. The first kappa shape index (κ1) is 69.0. The highest BCUT2D eigenvalue weighted by atomic mass is 35.5. The molecular formula is C75H82Cl5FN8O5. The lowest BCUT2D eigenvalue weighted by atomic mass is 9.49. The summed E-state index contributed by atoms with van der Waals surface area (Å²) in [5.41, 5.74) is 12.7. The molecule has 4 saturated carbocycles. The van der Waals surface area contributed by atoms with E-state index in [1.54, 1.807) is 38.1 Å². The molecule has 4 aliphatic carbocycles. The van der Waals surface area contributed by atoms with Gasteiger partial charge in [-0.05, 0) is 219 Å². The molecule has 19 heteroatoms. The van der Waals surface area contributed by atoms with Crippen molar-refractivity contribution in [1.29, 1.82) is 0 Å². The van der Waals surface area contributed by atoms with Crippen molar-refractivity contribution in [2.45, 2.75) is 117 Å². The molecule has 2 unspecified atom stereocenters. The van der Waals surface area contributed by atoms with Crippen LogP contribution in [-0.4, -0.2) is 92.0 Å². The van der Waals surface area contributed by atoms with Gasteiger partial charge in [-0.15, -0.1) is 0 Å². The second kappa shape index (κ2) is 31.2. The quantitative estimate of drug-likeness (QED) is 0.0317. The number of carbonyl (C=O) groups excluding carboxylic acids is 2. The van der Waals surface area contributed by atoms with Crippen LogP contribution in [-0.2, 0) is 35.8 Å². The summed E-state index contributed by atoms with van der Waals surface area (Å²) in [6.07, 6.45) is 9.98. The molecule has 94 heavy (non-hydrogen) atoms. The van der Waals surface area contributed by atoms with Gasteiger partial charge in [0.1, 0.15) is 29.0 Å². The zero-order valence-electron chi connectivity index (χ0n) is 53.4. The number of hydrogen-bond donors (Lipinski definition) is 5. The van der Waals surface area contributed by atoms with Crippen LogP contribution in [0.15, 0.2) is 140 Å². The van der Waals surface area contributed by atoms with E-state index >= 15 is 0 Å². The Morgan fingerprint density at radius 2 is 0.968 bits per heavy atom. The first-order valence-corrected chi connectivity index (χ1v) is 34.6. The number of hydrogen-bond acceptors (Lipinski definition) is 11. The molecule has 2 aromatic heterocycles. The van der Waals surface area contributed by atoms with Gasteiger partial charge in [-0.2, -0.15) is 0 Å². The number of aliphatic hydroxyl groups is 3. The smallest absolute Gasteiger partial charge is 0.141 e. The number of rotatable bonds is 28. The van der Waals surface area contributed by atoms with Crippen molar-refractivity contribution in [3.63, 3.8) is 0 Å². The molecule has 494 valence electrons. The monoisotopic (exact) mass is 1370 g/mol. The number of aliphatic hydroxyl groups excluding tert-OH is 3. The number of halogens is 6. The van der Waals surface area contributed by atoms with E-state index in [1.165, 1.54) is 44.6 Å². The van der Waals surface area contributed by atoms with Crippen LogP contribution >= 0.6 is 58.0 Å². The van der Waals surface area contributed by atoms with Crippen LogP contribution in [0.3, 0.4) is 0 Å². The van der Waals surface area contributed by atoms with Crippen molar-refractivity contribution >= 4 is 103 Å². The lowest BCUT2D eigenvalue weighted by molar-refractivity contribution is -0.118. The van der Waals surface area contributed by atoms with Gasteiger partial charge in [0, 0.05) is 99.8 Å². The van der Waals surface area contributed by atoms with Crippen molar-refractivity contribution in [2.75, 3.05) is 55.8 Å². The molecule has 4 aliphatic rings. The summed E-state index contributed by atoms with van der Waals surface area (Å²) in [7, 11) is 0. The van der Waals surface area contributed by atoms with E-state index in [-0.39, 0.29) is 54.9 Å². The average molecular weight is 1370 g/mol. The number of benzene rings is 7. The Balaban J connectivity index is 0.000000192. The maximum absolute atomic E-state index is 14.0. The number of fused-ring (bicyclic) bond motifs is 2. The highest BCUT2D eigenvalue weighted by molar-refractivity contribution is 6.42. The topological polar surface area (TPSA) is 161 Å². The lowest BCUT2D eigenvalue weighted by Gasteiger charge is -2.57. The van der Waals surface area contributed by atoms with Gasteiger partial charge in [-0.1, -0.05) is 95.3 Å². The summed E-state index contributed by atoms with van der Waals surface area (Å²) >= 11 is 30.9. The number of nitrogens with zero attached hydrogens (tertiary/aromatic N) is 6. The molecule has 0 spiro atoms. The predicted molar refractivity (Wildman–Crippen MR) is 380 cm³/mol. The van der Waals surface area contributed by atoms with Gasteiger partial charge in [0.25, 0.3) is 0 Å². The van der Waals surface area contributed by atoms with E-state index in [4.69, 9.17) is 68.0 Å². The van der Waals surface area contributed by atoms with E-state index in [1.807, 2.05) is 71.6 Å². The van der Waals surface area contributed by atoms with E-state index in [0.29, 0.717) is 77.0 Å². The van der Waals surface area contributed by atoms with Crippen LogP contribution in [0, 0.1) is 29.0 Å². The molecule has 0 radical (unpaired) electrons. The Morgan fingerprint density at radius 3 is 1.39 bits per heavy atom. The molecule has 0 amide bonds. The second-order valence-electron chi connectivity index (χ2n) is 26.1. The molecule has 4 fully saturated rings. The summed E-state index contributed by atoms with van der Waals surface area (Å²) in [6, 6.07) is 44.4. The van der Waals surface area contributed by atoms with Gasteiger partial charge in [-0.25, -0.2) is 14.4 Å². The Morgan fingerprint density at radius 1 is 0.543 bits per heavy atom. The lowest BCUT2D eigenvalue weighted by Crippen LogP contribution is -2.47. The van der Waals surface area contributed by atoms with Crippen LogP contribution in [0.5, 0.6) is 0 Å². The molecule has 2 heterocycles. The number of anilines is 2. The third kappa shape index (κ3) is 16.5. The molecule has 13 nitrogen and oxygen atoms in total. The van der Waals surface area contributed by atoms with Crippen LogP contribution < -0.4 is 20.4 Å². The zero-order chi connectivity index (χ0) is 66.2. The first-order chi connectivity index (χ1) is 45.4. The summed E-state index contributed by atoms with van der Waals surface area (Å²) < 4.78 is 18.5. The first-order valence-electron chi connectivity index (χ1n) is 32.7. The molecule has 7 aromatic carbocycles. The van der Waals surface area contributed by atoms with Gasteiger partial charge in [0.2, 0.25) is 0 Å². The Hall–Kier alpha value is -6.40. The van der Waals surface area contributed by atoms with Crippen LogP contribution in [0.25, 0.3) is 44.8 Å². The van der Waals surface area contributed by atoms with Crippen LogP contribution in [0.2, 0.25) is 25.1 Å². The predicted octanol–water partition coefficient (Wildman–Crippen LogP) is 16.7. The zero-order valence-corrected chi connectivity index (χ0v) is 57.2. The number of Topliss-reactive ketones (excluding diaryl/α,β-unsaturated/α-hetero) is 2. The number of aromatic nitrogens is 4. The summed E-state index contributed by atoms with van der Waals surface area (Å²) in [5.74, 6) is 4.04. The SMILES string of the molecule is CC(=O)CC(NCc1ccc(Cl)c(Cl)c1)c1ccc2c(c1)nc(-c1ccc(N(CCO)CCO)cc1)n2Cc1ccc(F)c(Cl)c1.CCCN(CCO)c1ccc(-c2nc3cc(C(CC(C)=O)NCc4ccc(Cl)c(Cl)c4)ccc3n2CC23CC4CC(CC(C4)C2)C3)cc1. The molecular weight excluding hydrogens is 1290 g/mol. The normalized spacial score (nSPS) is 17.9. The Bertz CT molecular complexity index is 4080. The highest BCUT2D eigenvalue weighted by Crippen LogP contribution is 2.61. The standard InChI is InChI=1S/C40H48Cl2N4O2.C35H34Cl3FN4O3/c1-3-12-45(13-14-47)33-8-5-31(6-9-33)39-44-37-20-32(36(15-26(2)48)43-24-27-4-10-34(41)35(42)19-27)7-11-38(37)46(39)25-40-21-28-16-29(22-40)18-30(17-28)23-40;1-22(46)16-32(40-20-23-2-9-28(36)29(37)17-23)26-6-11-34-33(19-26)41-35(43(34)21-24-3-10-31(39)30(38)18-24)25-4-7-27(8-5-25)42(12-14-44)13-15-45/h4-11,19-20,28-30,36,43,47H,3,12-18,21-25H2,1-2H3;2-11,17-19,32,40,44-45H,12-16,20-21H2,1H3. The van der Waals surface area contributed by atoms with Crippen molar-refractivity contribution < 1.29 is 29.3 Å². The summed E-state index contributed by atoms with van der Waals surface area (Å²) in [5, 5.41) is 37.7. The molecule has 0 saturated heterocycles. The Labute approximate surface area is 575 Å². The van der Waals surface area contributed by atoms with E-state index < -0.39 is 5.82 Å². The van der Waals surface area contributed by atoms with E-state index in [9.17, 15) is 29.3 Å². The average Bonchev–Trinajstić information content (AvgIpc) is 1.05.